The topological polar surface area (TPSA) is 67.0 Å². The molecule has 2 aromatic carbocycles. The lowest BCUT2D eigenvalue weighted by atomic mass is 10.3. The molecule has 1 aromatic heterocycles. The summed E-state index contributed by atoms with van der Waals surface area (Å²) >= 11 is 1.33. The van der Waals surface area contributed by atoms with Gasteiger partial charge in [0.05, 0.1) is 22.9 Å². The van der Waals surface area contributed by atoms with E-state index in [0.29, 0.717) is 17.5 Å². The number of aromatic amines is 1. The number of halogens is 1. The van der Waals surface area contributed by atoms with Crippen molar-refractivity contribution in [2.24, 2.45) is 0 Å². The van der Waals surface area contributed by atoms with Crippen LogP contribution in [0.15, 0.2) is 47.6 Å². The van der Waals surface area contributed by atoms with Crippen molar-refractivity contribution in [2.45, 2.75) is 24.3 Å². The Morgan fingerprint density at radius 3 is 2.80 bits per heavy atom. The van der Waals surface area contributed by atoms with E-state index in [2.05, 4.69) is 15.3 Å². The second-order valence-electron chi connectivity index (χ2n) is 5.41. The third kappa shape index (κ3) is 4.30. The number of ether oxygens (including phenoxy) is 1. The molecule has 0 saturated heterocycles. The highest BCUT2D eigenvalue weighted by Crippen LogP contribution is 2.26. The molecule has 1 amide bonds. The predicted octanol–water partition coefficient (Wildman–Crippen LogP) is 4.22. The molecule has 0 aliphatic rings. The quantitative estimate of drug-likeness (QED) is 0.647. The van der Waals surface area contributed by atoms with Crippen LogP contribution in [0.1, 0.15) is 13.8 Å². The molecule has 130 valence electrons. The Hall–Kier alpha value is -2.54. The summed E-state index contributed by atoms with van der Waals surface area (Å²) in [6, 6.07) is 11.3. The predicted molar refractivity (Wildman–Crippen MR) is 97.6 cm³/mol. The number of rotatable bonds is 6. The van der Waals surface area contributed by atoms with Gasteiger partial charge in [0.1, 0.15) is 11.6 Å². The lowest BCUT2D eigenvalue weighted by molar-refractivity contribution is -0.115. The monoisotopic (exact) mass is 359 g/mol. The van der Waals surface area contributed by atoms with Crippen molar-refractivity contribution < 1.29 is 13.9 Å². The number of anilines is 1. The number of carbonyl (C=O) groups excluding carboxylic acids is 1. The third-order valence-electron chi connectivity index (χ3n) is 3.51. The summed E-state index contributed by atoms with van der Waals surface area (Å²) in [4.78, 5) is 19.9. The maximum absolute atomic E-state index is 12.9. The zero-order valence-corrected chi connectivity index (χ0v) is 14.7. The molecular weight excluding hydrogens is 341 g/mol. The minimum Gasteiger partial charge on any atom is -0.494 e. The van der Waals surface area contributed by atoms with Crippen molar-refractivity contribution in [1.29, 1.82) is 0 Å². The number of nitrogens with zero attached hydrogens (tertiary/aromatic N) is 1. The molecule has 25 heavy (non-hydrogen) atoms. The molecule has 1 unspecified atom stereocenters. The highest BCUT2D eigenvalue weighted by Gasteiger charge is 2.17. The average Bonchev–Trinajstić information content (AvgIpc) is 2.98. The molecule has 1 heterocycles. The van der Waals surface area contributed by atoms with E-state index < -0.39 is 0 Å². The number of amides is 1. The molecule has 0 aliphatic heterocycles. The summed E-state index contributed by atoms with van der Waals surface area (Å²) in [5.41, 5.74) is 2.24. The summed E-state index contributed by atoms with van der Waals surface area (Å²) < 4.78 is 18.4. The first-order valence-electron chi connectivity index (χ1n) is 7.91. The first kappa shape index (κ1) is 17.3. The van der Waals surface area contributed by atoms with Crippen molar-refractivity contribution in [2.75, 3.05) is 11.9 Å². The molecule has 5 nitrogen and oxygen atoms in total. The lowest BCUT2D eigenvalue weighted by Crippen LogP contribution is -2.22. The molecular formula is C18H18FN3O2S. The zero-order chi connectivity index (χ0) is 17.8. The highest BCUT2D eigenvalue weighted by atomic mass is 32.2. The van der Waals surface area contributed by atoms with Gasteiger partial charge in [-0.25, -0.2) is 9.37 Å². The highest BCUT2D eigenvalue weighted by molar-refractivity contribution is 8.00. The van der Waals surface area contributed by atoms with Gasteiger partial charge in [-0.3, -0.25) is 4.79 Å². The van der Waals surface area contributed by atoms with E-state index in [1.165, 1.54) is 36.0 Å². The number of H-pyrrole nitrogens is 1. The van der Waals surface area contributed by atoms with E-state index in [1.807, 2.05) is 25.1 Å². The molecule has 3 aromatic rings. The third-order valence-corrected chi connectivity index (χ3v) is 4.50. The lowest BCUT2D eigenvalue weighted by Gasteiger charge is -2.10. The van der Waals surface area contributed by atoms with Crippen LogP contribution in [0.25, 0.3) is 11.0 Å². The largest absolute Gasteiger partial charge is 0.494 e. The maximum Gasteiger partial charge on any atom is 0.237 e. The van der Waals surface area contributed by atoms with Crippen LogP contribution >= 0.6 is 11.8 Å². The number of nitrogens with one attached hydrogen (secondary N) is 2. The number of thioether (sulfide) groups is 1. The Labute approximate surface area is 149 Å². The van der Waals surface area contributed by atoms with E-state index in [0.717, 1.165) is 16.8 Å². The van der Waals surface area contributed by atoms with Crippen LogP contribution < -0.4 is 10.1 Å². The number of hydrogen-bond acceptors (Lipinski definition) is 4. The molecule has 0 radical (unpaired) electrons. The SMILES string of the molecule is CCOc1ccc2nc(SC(C)C(=O)Nc3ccc(F)cc3)[nH]c2c1. The van der Waals surface area contributed by atoms with Gasteiger partial charge in [0.15, 0.2) is 5.16 Å². The van der Waals surface area contributed by atoms with Gasteiger partial charge in [-0.15, -0.1) is 0 Å². The van der Waals surface area contributed by atoms with Gasteiger partial charge >= 0.3 is 0 Å². The van der Waals surface area contributed by atoms with Crippen LogP contribution in [0.5, 0.6) is 5.75 Å². The summed E-state index contributed by atoms with van der Waals surface area (Å²) in [7, 11) is 0. The zero-order valence-electron chi connectivity index (χ0n) is 13.9. The number of benzene rings is 2. The first-order valence-corrected chi connectivity index (χ1v) is 8.79. The second kappa shape index (κ2) is 7.57. The molecule has 0 bridgehead atoms. The molecule has 2 N–H and O–H groups in total. The minimum absolute atomic E-state index is 0.174. The van der Waals surface area contributed by atoms with Gasteiger partial charge in [0.25, 0.3) is 0 Å². The van der Waals surface area contributed by atoms with Gasteiger partial charge in [-0.2, -0.15) is 0 Å². The molecule has 3 rings (SSSR count). The Kier molecular flexibility index (Phi) is 5.23. The fourth-order valence-corrected chi connectivity index (χ4v) is 3.10. The van der Waals surface area contributed by atoms with Crippen LogP contribution in [0.3, 0.4) is 0 Å². The van der Waals surface area contributed by atoms with E-state index in [4.69, 9.17) is 4.74 Å². The van der Waals surface area contributed by atoms with Gasteiger partial charge < -0.3 is 15.0 Å². The average molecular weight is 359 g/mol. The van der Waals surface area contributed by atoms with Crippen LogP contribution in [-0.2, 0) is 4.79 Å². The smallest absolute Gasteiger partial charge is 0.237 e. The second-order valence-corrected chi connectivity index (χ2v) is 6.74. The first-order chi connectivity index (χ1) is 12.0. The Morgan fingerprint density at radius 1 is 1.32 bits per heavy atom. The van der Waals surface area contributed by atoms with Crippen molar-refractivity contribution in [3.05, 3.63) is 48.3 Å². The summed E-state index contributed by atoms with van der Waals surface area (Å²) in [6.45, 7) is 4.32. The van der Waals surface area contributed by atoms with Gasteiger partial charge in [0, 0.05) is 11.8 Å². The molecule has 7 heteroatoms. The number of carbonyl (C=O) groups is 1. The Balaban J connectivity index is 1.67. The fourth-order valence-electron chi connectivity index (χ4n) is 2.28. The van der Waals surface area contributed by atoms with Crippen molar-refractivity contribution in [3.8, 4) is 5.75 Å². The van der Waals surface area contributed by atoms with Crippen molar-refractivity contribution in [1.82, 2.24) is 9.97 Å². The van der Waals surface area contributed by atoms with E-state index in [1.54, 1.807) is 6.92 Å². The normalized spacial score (nSPS) is 12.1. The fraction of sp³-hybridized carbons (Fsp3) is 0.222. The summed E-state index contributed by atoms with van der Waals surface area (Å²) in [6.07, 6.45) is 0. The van der Waals surface area contributed by atoms with Crippen molar-refractivity contribution in [3.63, 3.8) is 0 Å². The Bertz CT molecular complexity index is 880. The standard InChI is InChI=1S/C18H18FN3O2S/c1-3-24-14-8-9-15-16(10-14)22-18(21-15)25-11(2)17(23)20-13-6-4-12(19)5-7-13/h4-11H,3H2,1-2H3,(H,20,23)(H,21,22). The van der Waals surface area contributed by atoms with E-state index >= 15 is 0 Å². The van der Waals surface area contributed by atoms with E-state index in [-0.39, 0.29) is 17.0 Å². The molecule has 0 aliphatic carbocycles. The number of imidazole rings is 1. The summed E-state index contributed by atoms with van der Waals surface area (Å²) in [5, 5.41) is 3.05. The maximum atomic E-state index is 12.9. The molecule has 0 spiro atoms. The Morgan fingerprint density at radius 2 is 2.08 bits per heavy atom. The van der Waals surface area contributed by atoms with Gasteiger partial charge in [-0.1, -0.05) is 11.8 Å². The molecule has 0 fully saturated rings. The molecule has 0 saturated carbocycles. The van der Waals surface area contributed by atoms with Crippen LogP contribution in [0.2, 0.25) is 0 Å². The van der Waals surface area contributed by atoms with Crippen molar-refractivity contribution >= 4 is 34.4 Å². The molecule has 1 atom stereocenters. The van der Waals surface area contributed by atoms with Crippen LogP contribution in [0, 0.1) is 5.82 Å². The summed E-state index contributed by atoms with van der Waals surface area (Å²) in [5.74, 6) is 0.262. The van der Waals surface area contributed by atoms with Gasteiger partial charge in [0.2, 0.25) is 5.91 Å². The van der Waals surface area contributed by atoms with Gasteiger partial charge in [-0.05, 0) is 50.2 Å². The number of fused-ring (bicyclic) bond motifs is 1. The minimum atomic E-state index is -0.364. The van der Waals surface area contributed by atoms with E-state index in [9.17, 15) is 9.18 Å². The van der Waals surface area contributed by atoms with Crippen LogP contribution in [-0.4, -0.2) is 27.7 Å². The van der Waals surface area contributed by atoms with Crippen LogP contribution in [0.4, 0.5) is 10.1 Å². The number of hydrogen-bond donors (Lipinski definition) is 2. The number of aromatic nitrogens is 2.